The van der Waals surface area contributed by atoms with Crippen LogP contribution < -0.4 is 16.0 Å². The maximum atomic E-state index is 11.9. The fourth-order valence-corrected chi connectivity index (χ4v) is 1.85. The van der Waals surface area contributed by atoms with Crippen molar-refractivity contribution in [3.05, 3.63) is 30.3 Å². The van der Waals surface area contributed by atoms with Crippen LogP contribution in [0.5, 0.6) is 0 Å². The van der Waals surface area contributed by atoms with Gasteiger partial charge in [-0.05, 0) is 31.5 Å². The number of hydrogen-bond donors (Lipinski definition) is 2. The molecule has 4 heteroatoms. The highest BCUT2D eigenvalue weighted by atomic mass is 16.2. The average Bonchev–Trinajstić information content (AvgIpc) is 2.44. The lowest BCUT2D eigenvalue weighted by molar-refractivity contribution is -0.119. The zero-order chi connectivity index (χ0) is 13.9. The van der Waals surface area contributed by atoms with Crippen molar-refractivity contribution in [3.63, 3.8) is 0 Å². The molecule has 0 aliphatic carbocycles. The van der Waals surface area contributed by atoms with E-state index in [1.807, 2.05) is 30.3 Å². The first-order valence-corrected chi connectivity index (χ1v) is 7.04. The van der Waals surface area contributed by atoms with Gasteiger partial charge in [0.2, 0.25) is 5.91 Å². The fraction of sp³-hybridized carbons (Fsp3) is 0.533. The molecule has 19 heavy (non-hydrogen) atoms. The quantitative estimate of drug-likeness (QED) is 0.667. The van der Waals surface area contributed by atoms with Gasteiger partial charge >= 0.3 is 0 Å². The maximum absolute atomic E-state index is 11.9. The molecule has 0 bridgehead atoms. The predicted octanol–water partition coefficient (Wildman–Crippen LogP) is 1.76. The molecule has 0 saturated carbocycles. The second kappa shape index (κ2) is 9.39. The second-order valence-corrected chi connectivity index (χ2v) is 4.60. The minimum absolute atomic E-state index is 0.0781. The molecule has 0 fully saturated rings. The molecule has 4 nitrogen and oxygen atoms in total. The van der Waals surface area contributed by atoms with Gasteiger partial charge in [-0.1, -0.05) is 31.5 Å². The van der Waals surface area contributed by atoms with Gasteiger partial charge in [0.15, 0.2) is 0 Å². The van der Waals surface area contributed by atoms with Crippen molar-refractivity contribution in [2.45, 2.75) is 26.2 Å². The second-order valence-electron chi connectivity index (χ2n) is 4.60. The summed E-state index contributed by atoms with van der Waals surface area (Å²) in [7, 11) is 0. The molecule has 0 saturated heterocycles. The van der Waals surface area contributed by atoms with E-state index in [1.54, 1.807) is 0 Å². The number of nitrogens with one attached hydrogen (secondary N) is 1. The van der Waals surface area contributed by atoms with Crippen LogP contribution in [0.25, 0.3) is 0 Å². The minimum atomic E-state index is 0.0781. The third-order valence-electron chi connectivity index (χ3n) is 2.94. The largest absolute Gasteiger partial charge is 0.362 e. The van der Waals surface area contributed by atoms with Gasteiger partial charge in [-0.2, -0.15) is 0 Å². The lowest BCUT2D eigenvalue weighted by Crippen LogP contribution is -2.38. The SMILES string of the molecule is CCCCNC(=O)CN(CCCN)c1ccccc1. The molecule has 3 N–H and O–H groups in total. The summed E-state index contributed by atoms with van der Waals surface area (Å²) < 4.78 is 0. The highest BCUT2D eigenvalue weighted by molar-refractivity contribution is 5.81. The first kappa shape index (κ1) is 15.5. The number of rotatable bonds is 9. The molecule has 106 valence electrons. The van der Waals surface area contributed by atoms with Gasteiger partial charge < -0.3 is 16.0 Å². The van der Waals surface area contributed by atoms with Gasteiger partial charge in [0, 0.05) is 18.8 Å². The van der Waals surface area contributed by atoms with E-state index in [9.17, 15) is 4.79 Å². The molecule has 1 aromatic rings. The van der Waals surface area contributed by atoms with Crippen LogP contribution in [-0.4, -0.2) is 32.1 Å². The lowest BCUT2D eigenvalue weighted by Gasteiger charge is -2.24. The van der Waals surface area contributed by atoms with Crippen molar-refractivity contribution in [2.24, 2.45) is 5.73 Å². The summed E-state index contributed by atoms with van der Waals surface area (Å²) in [4.78, 5) is 14.0. The lowest BCUT2D eigenvalue weighted by atomic mass is 10.2. The van der Waals surface area contributed by atoms with E-state index in [0.717, 1.165) is 38.0 Å². The number of anilines is 1. The predicted molar refractivity (Wildman–Crippen MR) is 80.2 cm³/mol. The first-order chi connectivity index (χ1) is 9.27. The molecule has 0 spiro atoms. The highest BCUT2D eigenvalue weighted by Gasteiger charge is 2.10. The molecule has 1 amide bonds. The fourth-order valence-electron chi connectivity index (χ4n) is 1.85. The van der Waals surface area contributed by atoms with Crippen LogP contribution in [0.2, 0.25) is 0 Å². The van der Waals surface area contributed by atoms with Crippen LogP contribution in [0.4, 0.5) is 5.69 Å². The van der Waals surface area contributed by atoms with Crippen LogP contribution in [0.15, 0.2) is 30.3 Å². The Bertz CT molecular complexity index is 354. The van der Waals surface area contributed by atoms with E-state index < -0.39 is 0 Å². The minimum Gasteiger partial charge on any atom is -0.362 e. The van der Waals surface area contributed by atoms with Crippen LogP contribution in [0.1, 0.15) is 26.2 Å². The Morgan fingerprint density at radius 1 is 1.26 bits per heavy atom. The van der Waals surface area contributed by atoms with E-state index >= 15 is 0 Å². The van der Waals surface area contributed by atoms with E-state index in [1.165, 1.54) is 0 Å². The van der Waals surface area contributed by atoms with Gasteiger partial charge in [0.25, 0.3) is 0 Å². The van der Waals surface area contributed by atoms with E-state index in [4.69, 9.17) is 5.73 Å². The van der Waals surface area contributed by atoms with Gasteiger partial charge in [0.05, 0.1) is 6.54 Å². The Morgan fingerprint density at radius 3 is 2.63 bits per heavy atom. The summed E-state index contributed by atoms with van der Waals surface area (Å²) >= 11 is 0. The molecular weight excluding hydrogens is 238 g/mol. The Kier molecular flexibility index (Phi) is 7.66. The molecular formula is C15H25N3O. The van der Waals surface area contributed by atoms with E-state index in [-0.39, 0.29) is 5.91 Å². The summed E-state index contributed by atoms with van der Waals surface area (Å²) in [5.74, 6) is 0.0781. The Labute approximate surface area is 116 Å². The van der Waals surface area contributed by atoms with Crippen molar-refractivity contribution in [1.29, 1.82) is 0 Å². The molecule has 1 rings (SSSR count). The standard InChI is InChI=1S/C15H25N3O/c1-2-3-11-17-15(19)13-18(12-7-10-16)14-8-5-4-6-9-14/h4-6,8-9H,2-3,7,10-13,16H2,1H3,(H,17,19). The van der Waals surface area contributed by atoms with Gasteiger partial charge in [-0.15, -0.1) is 0 Å². The zero-order valence-corrected chi connectivity index (χ0v) is 11.8. The topological polar surface area (TPSA) is 58.4 Å². The summed E-state index contributed by atoms with van der Waals surface area (Å²) in [5, 5.41) is 2.95. The average molecular weight is 263 g/mol. The van der Waals surface area contributed by atoms with Crippen molar-refractivity contribution < 1.29 is 4.79 Å². The number of nitrogens with two attached hydrogens (primary N) is 1. The Balaban J connectivity index is 2.52. The van der Waals surface area contributed by atoms with Crippen molar-refractivity contribution in [2.75, 3.05) is 31.1 Å². The number of nitrogens with zero attached hydrogens (tertiary/aromatic N) is 1. The number of amides is 1. The highest BCUT2D eigenvalue weighted by Crippen LogP contribution is 2.12. The van der Waals surface area contributed by atoms with Crippen LogP contribution in [-0.2, 0) is 4.79 Å². The van der Waals surface area contributed by atoms with Crippen molar-refractivity contribution >= 4 is 11.6 Å². The van der Waals surface area contributed by atoms with Crippen LogP contribution in [0, 0.1) is 0 Å². The number of carbonyl (C=O) groups is 1. The molecule has 1 aromatic carbocycles. The molecule has 0 atom stereocenters. The smallest absolute Gasteiger partial charge is 0.239 e. The van der Waals surface area contributed by atoms with Crippen molar-refractivity contribution in [1.82, 2.24) is 5.32 Å². The molecule has 0 aliphatic heterocycles. The molecule has 0 heterocycles. The summed E-state index contributed by atoms with van der Waals surface area (Å²) in [6.45, 7) is 4.72. The Hall–Kier alpha value is -1.55. The molecule has 0 aromatic heterocycles. The third kappa shape index (κ3) is 6.25. The number of carbonyl (C=O) groups excluding carboxylic acids is 1. The normalized spacial score (nSPS) is 10.2. The van der Waals surface area contributed by atoms with Crippen LogP contribution >= 0.6 is 0 Å². The first-order valence-electron chi connectivity index (χ1n) is 7.04. The zero-order valence-electron chi connectivity index (χ0n) is 11.8. The Morgan fingerprint density at radius 2 is 2.00 bits per heavy atom. The van der Waals surface area contributed by atoms with E-state index in [0.29, 0.717) is 13.1 Å². The monoisotopic (exact) mass is 263 g/mol. The number of unbranched alkanes of at least 4 members (excludes halogenated alkanes) is 1. The number of para-hydroxylation sites is 1. The number of benzene rings is 1. The number of hydrogen-bond acceptors (Lipinski definition) is 3. The summed E-state index contributed by atoms with van der Waals surface area (Å²) in [6.07, 6.45) is 3.01. The van der Waals surface area contributed by atoms with Crippen LogP contribution in [0.3, 0.4) is 0 Å². The summed E-state index contributed by atoms with van der Waals surface area (Å²) in [6, 6.07) is 10.00. The van der Waals surface area contributed by atoms with Gasteiger partial charge in [-0.3, -0.25) is 4.79 Å². The van der Waals surface area contributed by atoms with E-state index in [2.05, 4.69) is 17.1 Å². The third-order valence-corrected chi connectivity index (χ3v) is 2.94. The molecule has 0 radical (unpaired) electrons. The van der Waals surface area contributed by atoms with Gasteiger partial charge in [-0.25, -0.2) is 0 Å². The maximum Gasteiger partial charge on any atom is 0.239 e. The van der Waals surface area contributed by atoms with Gasteiger partial charge in [0.1, 0.15) is 0 Å². The van der Waals surface area contributed by atoms with Crippen molar-refractivity contribution in [3.8, 4) is 0 Å². The molecule has 0 aliphatic rings. The molecule has 0 unspecified atom stereocenters. The summed E-state index contributed by atoms with van der Waals surface area (Å²) in [5.41, 5.74) is 6.63.